The van der Waals surface area contributed by atoms with Crippen molar-refractivity contribution in [2.45, 2.75) is 19.9 Å². The summed E-state index contributed by atoms with van der Waals surface area (Å²) >= 11 is 0. The molecular weight excluding hydrogens is 304 g/mol. The highest BCUT2D eigenvalue weighted by Gasteiger charge is 2.17. The predicted octanol–water partition coefficient (Wildman–Crippen LogP) is 1.90. The number of ether oxygens (including phenoxy) is 1. The van der Waals surface area contributed by atoms with Crippen molar-refractivity contribution in [2.75, 3.05) is 44.9 Å². The van der Waals surface area contributed by atoms with Gasteiger partial charge in [-0.05, 0) is 33.0 Å². The molecule has 2 N–H and O–H groups in total. The van der Waals surface area contributed by atoms with Crippen LogP contribution in [0.15, 0.2) is 24.3 Å². The molecule has 24 heavy (non-hydrogen) atoms. The van der Waals surface area contributed by atoms with Gasteiger partial charge in [0, 0.05) is 20.6 Å². The minimum atomic E-state index is 0.00983. The quantitative estimate of drug-likeness (QED) is 0.830. The molecule has 0 spiro atoms. The van der Waals surface area contributed by atoms with Crippen LogP contribution in [-0.2, 0) is 0 Å². The Hall–Kier alpha value is -2.41. The van der Waals surface area contributed by atoms with Crippen LogP contribution in [0.3, 0.4) is 0 Å². The number of hydrogen-bond acceptors (Lipinski definition) is 7. The Labute approximate surface area is 143 Å². The van der Waals surface area contributed by atoms with Crippen LogP contribution in [0, 0.1) is 6.92 Å². The molecule has 0 bridgehead atoms. The van der Waals surface area contributed by atoms with Crippen LogP contribution in [0.2, 0.25) is 0 Å². The van der Waals surface area contributed by atoms with E-state index in [1.54, 1.807) is 0 Å². The standard InChI is InChI=1S/C17H26N6O/c1-12-6-8-14(9-7-12)24-11-10-23(5)13(2)15-19-16(18)21-17(20-15)22(3)4/h6-9,13H,10-11H2,1-5H3,(H2,18,19,20,21). The molecule has 0 saturated carbocycles. The lowest BCUT2D eigenvalue weighted by Crippen LogP contribution is -2.29. The van der Waals surface area contributed by atoms with Crippen LogP contribution in [0.4, 0.5) is 11.9 Å². The van der Waals surface area contributed by atoms with Crippen molar-refractivity contribution in [3.05, 3.63) is 35.7 Å². The number of likely N-dealkylation sites (N-methyl/N-ethyl adjacent to an activating group) is 1. The lowest BCUT2D eigenvalue weighted by atomic mass is 10.2. The van der Waals surface area contributed by atoms with E-state index in [2.05, 4.69) is 26.8 Å². The fraction of sp³-hybridized carbons (Fsp3) is 0.471. The van der Waals surface area contributed by atoms with E-state index in [-0.39, 0.29) is 12.0 Å². The van der Waals surface area contributed by atoms with E-state index in [1.807, 2.05) is 57.2 Å². The second-order valence-corrected chi connectivity index (χ2v) is 6.06. The van der Waals surface area contributed by atoms with Crippen LogP contribution >= 0.6 is 0 Å². The van der Waals surface area contributed by atoms with Gasteiger partial charge < -0.3 is 15.4 Å². The van der Waals surface area contributed by atoms with Gasteiger partial charge in [0.2, 0.25) is 11.9 Å². The number of benzene rings is 1. The molecule has 1 unspecified atom stereocenters. The smallest absolute Gasteiger partial charge is 0.229 e. The van der Waals surface area contributed by atoms with Gasteiger partial charge in [0.05, 0.1) is 6.04 Å². The largest absolute Gasteiger partial charge is 0.492 e. The molecule has 1 aromatic heterocycles. The Bertz CT molecular complexity index is 659. The third kappa shape index (κ3) is 4.79. The number of hydrogen-bond donors (Lipinski definition) is 1. The summed E-state index contributed by atoms with van der Waals surface area (Å²) in [5, 5.41) is 0. The molecule has 2 rings (SSSR count). The predicted molar refractivity (Wildman–Crippen MR) is 96.3 cm³/mol. The summed E-state index contributed by atoms with van der Waals surface area (Å²) in [5.74, 6) is 2.33. The van der Waals surface area contributed by atoms with Gasteiger partial charge in [-0.25, -0.2) is 0 Å². The Morgan fingerprint density at radius 1 is 1.08 bits per heavy atom. The highest BCUT2D eigenvalue weighted by molar-refractivity contribution is 5.33. The second kappa shape index (κ2) is 7.92. The third-order valence-corrected chi connectivity index (χ3v) is 3.83. The minimum absolute atomic E-state index is 0.00983. The summed E-state index contributed by atoms with van der Waals surface area (Å²) in [6, 6.07) is 8.05. The fourth-order valence-corrected chi connectivity index (χ4v) is 2.12. The number of aromatic nitrogens is 3. The third-order valence-electron chi connectivity index (χ3n) is 3.83. The van der Waals surface area contributed by atoms with Gasteiger partial charge >= 0.3 is 0 Å². The van der Waals surface area contributed by atoms with Gasteiger partial charge in [0.1, 0.15) is 12.4 Å². The second-order valence-electron chi connectivity index (χ2n) is 6.06. The monoisotopic (exact) mass is 330 g/mol. The van der Waals surface area contributed by atoms with Gasteiger partial charge in [0.15, 0.2) is 5.82 Å². The lowest BCUT2D eigenvalue weighted by molar-refractivity contribution is 0.196. The first-order chi connectivity index (χ1) is 11.4. The Balaban J connectivity index is 1.94. The van der Waals surface area contributed by atoms with Crippen LogP contribution in [0.1, 0.15) is 24.4 Å². The Kier molecular flexibility index (Phi) is 5.92. The number of anilines is 2. The first kappa shape index (κ1) is 17.9. The van der Waals surface area contributed by atoms with Crippen molar-refractivity contribution in [3.63, 3.8) is 0 Å². The molecular formula is C17H26N6O. The van der Waals surface area contributed by atoms with Gasteiger partial charge in [-0.3, -0.25) is 4.90 Å². The average molecular weight is 330 g/mol. The summed E-state index contributed by atoms with van der Waals surface area (Å²) in [6.07, 6.45) is 0. The van der Waals surface area contributed by atoms with Crippen molar-refractivity contribution in [1.82, 2.24) is 19.9 Å². The molecule has 7 nitrogen and oxygen atoms in total. The van der Waals surface area contributed by atoms with Gasteiger partial charge in [-0.1, -0.05) is 17.7 Å². The van der Waals surface area contributed by atoms with E-state index in [0.717, 1.165) is 12.3 Å². The maximum absolute atomic E-state index is 5.79. The van der Waals surface area contributed by atoms with Crippen molar-refractivity contribution >= 4 is 11.9 Å². The molecule has 2 aromatic rings. The highest BCUT2D eigenvalue weighted by atomic mass is 16.5. The maximum Gasteiger partial charge on any atom is 0.229 e. The summed E-state index contributed by atoms with van der Waals surface area (Å²) in [4.78, 5) is 16.8. The Morgan fingerprint density at radius 3 is 2.38 bits per heavy atom. The van der Waals surface area contributed by atoms with E-state index < -0.39 is 0 Å². The summed E-state index contributed by atoms with van der Waals surface area (Å²) in [7, 11) is 5.77. The average Bonchev–Trinajstić information content (AvgIpc) is 2.55. The zero-order chi connectivity index (χ0) is 17.7. The molecule has 1 heterocycles. The van der Waals surface area contributed by atoms with Crippen molar-refractivity contribution < 1.29 is 4.74 Å². The molecule has 0 fully saturated rings. The topological polar surface area (TPSA) is 80.4 Å². The molecule has 130 valence electrons. The molecule has 0 aliphatic rings. The van der Waals surface area contributed by atoms with Crippen molar-refractivity contribution in [2.24, 2.45) is 0 Å². The fourth-order valence-electron chi connectivity index (χ4n) is 2.12. The number of rotatable bonds is 7. The van der Waals surface area contributed by atoms with E-state index >= 15 is 0 Å². The van der Waals surface area contributed by atoms with E-state index in [4.69, 9.17) is 10.5 Å². The van der Waals surface area contributed by atoms with Crippen molar-refractivity contribution in [3.8, 4) is 5.75 Å². The van der Waals surface area contributed by atoms with Crippen LogP contribution in [0.25, 0.3) is 0 Å². The first-order valence-electron chi connectivity index (χ1n) is 7.95. The lowest BCUT2D eigenvalue weighted by Gasteiger charge is -2.24. The number of aryl methyl sites for hydroxylation is 1. The molecule has 7 heteroatoms. The van der Waals surface area contributed by atoms with Gasteiger partial charge in [-0.15, -0.1) is 0 Å². The normalized spacial score (nSPS) is 12.2. The molecule has 0 amide bonds. The molecule has 0 radical (unpaired) electrons. The van der Waals surface area contributed by atoms with Crippen LogP contribution in [0.5, 0.6) is 5.75 Å². The first-order valence-corrected chi connectivity index (χ1v) is 7.95. The molecule has 0 aliphatic heterocycles. The van der Waals surface area contributed by atoms with Gasteiger partial charge in [0.25, 0.3) is 0 Å². The van der Waals surface area contributed by atoms with Crippen molar-refractivity contribution in [1.29, 1.82) is 0 Å². The number of nitrogens with zero attached hydrogens (tertiary/aromatic N) is 5. The maximum atomic E-state index is 5.79. The van der Waals surface area contributed by atoms with Crippen LogP contribution < -0.4 is 15.4 Å². The zero-order valence-corrected chi connectivity index (χ0v) is 15.0. The summed E-state index contributed by atoms with van der Waals surface area (Å²) < 4.78 is 5.78. The van der Waals surface area contributed by atoms with Crippen LogP contribution in [-0.4, -0.2) is 54.1 Å². The SMILES string of the molecule is Cc1ccc(OCCN(C)C(C)c2nc(N)nc(N(C)C)n2)cc1. The number of nitrogens with two attached hydrogens (primary N) is 1. The van der Waals surface area contributed by atoms with E-state index in [0.29, 0.717) is 18.4 Å². The highest BCUT2D eigenvalue weighted by Crippen LogP contribution is 2.18. The Morgan fingerprint density at radius 2 is 1.75 bits per heavy atom. The van der Waals surface area contributed by atoms with Gasteiger partial charge in [-0.2, -0.15) is 15.0 Å². The molecule has 1 atom stereocenters. The molecule has 0 saturated heterocycles. The minimum Gasteiger partial charge on any atom is -0.492 e. The molecule has 1 aromatic carbocycles. The molecule has 0 aliphatic carbocycles. The van der Waals surface area contributed by atoms with E-state index in [1.165, 1.54) is 5.56 Å². The number of nitrogen functional groups attached to an aromatic ring is 1. The summed E-state index contributed by atoms with van der Waals surface area (Å²) in [6.45, 7) is 5.44. The zero-order valence-electron chi connectivity index (χ0n) is 15.0. The van der Waals surface area contributed by atoms with E-state index in [9.17, 15) is 0 Å². The summed E-state index contributed by atoms with van der Waals surface area (Å²) in [5.41, 5.74) is 7.01.